The van der Waals surface area contributed by atoms with Crippen molar-refractivity contribution in [2.45, 2.75) is 94.4 Å². The molecule has 2 aromatic rings. The molecule has 30 heteroatoms. The average Bonchev–Trinajstić information content (AvgIpc) is 3.87. The highest BCUT2D eigenvalue weighted by Crippen LogP contribution is 2.42. The third-order valence-corrected chi connectivity index (χ3v) is 13.2. The van der Waals surface area contributed by atoms with Gasteiger partial charge >= 0.3 is 31.5 Å². The maximum atomic E-state index is 12.6. The Balaban J connectivity index is -0.000000238. The van der Waals surface area contributed by atoms with Gasteiger partial charge in [0.05, 0.1) is 26.4 Å². The molecule has 7 N–H and O–H groups in total. The van der Waals surface area contributed by atoms with E-state index in [1.807, 2.05) is 0 Å². The highest BCUT2D eigenvalue weighted by molar-refractivity contribution is 7.59. The standard InChI is InChI=1S/C12H25N2O5P.C9H16N3O3P.C6H14NO4P.C4H7N2O2P.CH5O3P.2CH4/c1-7-18-11(15)9(3)13-20(6,17)14(5)10(4)12(16)19-8-2;1-4-15-9(13)8(2)11-16(3,14)12-6-5-10-7-12;1-4-11-6(8)5(2)7-12(3,9)10;1-9(7,8)6-3-2-5-4-6;1-5(2,3)4;;/h9-10H,7-8H2,1-6H3,(H,13,17);5-8H,4H2,1-3H3,(H,11,14);5H,4H2,1-3H3,(H2,7,9,10);2-4H,1H3,(H,7,8);1H3,(H2,2,3,4);2*1H4. The summed E-state index contributed by atoms with van der Waals surface area (Å²) in [6.45, 7) is 20.4. The van der Waals surface area contributed by atoms with Gasteiger partial charge in [-0.2, -0.15) is 0 Å². The molecule has 0 saturated carbocycles. The maximum Gasteiger partial charge on any atom is 0.323 e. The van der Waals surface area contributed by atoms with Crippen molar-refractivity contribution in [3.63, 3.8) is 0 Å². The van der Waals surface area contributed by atoms with Crippen LogP contribution in [0.4, 0.5) is 0 Å². The molecule has 8 atom stereocenters. The van der Waals surface area contributed by atoms with Crippen LogP contribution in [0.15, 0.2) is 37.4 Å². The van der Waals surface area contributed by atoms with E-state index in [1.165, 1.54) is 71.5 Å². The lowest BCUT2D eigenvalue weighted by molar-refractivity contribution is -0.147. The third kappa shape index (κ3) is 34.5. The number of carbonyl (C=O) groups is 4. The molecule has 0 aliphatic rings. The van der Waals surface area contributed by atoms with E-state index in [2.05, 4.69) is 30.0 Å². The monoisotopic (exact) mass is 1020 g/mol. The largest absolute Gasteiger partial charge is 0.465 e. The SMILES string of the molecule is C.C.CCOC(=O)C(C)NP(C)(=O)N(C)C(C)C(=O)OCC.CCOC(=O)C(C)NP(C)(=O)O.CCOC(=O)C(C)NP(C)(=O)n1ccnc1.CP(=O)(O)O.CP(=O)(O)n1ccnc1. The number of aromatic nitrogens is 4. The van der Waals surface area contributed by atoms with Gasteiger partial charge in [-0.3, -0.25) is 50.7 Å². The van der Waals surface area contributed by atoms with E-state index in [4.69, 9.17) is 33.8 Å². The Bertz CT molecular complexity index is 1850. The van der Waals surface area contributed by atoms with Crippen molar-refractivity contribution in [2.24, 2.45) is 0 Å². The Morgan fingerprint density at radius 1 is 0.594 bits per heavy atom. The molecule has 8 unspecified atom stereocenters. The Morgan fingerprint density at radius 2 is 0.906 bits per heavy atom. The van der Waals surface area contributed by atoms with Crippen LogP contribution in [-0.2, 0) is 61.0 Å². The lowest BCUT2D eigenvalue weighted by Crippen LogP contribution is -2.42. The van der Waals surface area contributed by atoms with Gasteiger partial charge in [0.1, 0.15) is 36.8 Å². The van der Waals surface area contributed by atoms with Crippen LogP contribution in [0.2, 0.25) is 0 Å². The minimum Gasteiger partial charge on any atom is -0.465 e. The molecule has 2 rings (SSSR count). The molecule has 64 heavy (non-hydrogen) atoms. The molecular weight excluding hydrogens is 947 g/mol. The summed E-state index contributed by atoms with van der Waals surface area (Å²) in [7, 11) is -14.5. The van der Waals surface area contributed by atoms with Gasteiger partial charge < -0.3 is 38.5 Å². The number of ether oxygens (including phenoxy) is 4. The molecule has 0 aliphatic carbocycles. The predicted octanol–water partition coefficient (Wildman–Crippen LogP) is 4.28. The molecule has 0 amide bonds. The third-order valence-electron chi connectivity index (χ3n) is 6.86. The van der Waals surface area contributed by atoms with Crippen LogP contribution in [0.25, 0.3) is 0 Å². The van der Waals surface area contributed by atoms with Gasteiger partial charge in [-0.25, -0.2) is 29.9 Å². The van der Waals surface area contributed by atoms with Crippen LogP contribution >= 0.6 is 37.5 Å². The minimum atomic E-state index is -3.64. The Morgan fingerprint density at radius 3 is 1.19 bits per heavy atom. The number of nitrogens with zero attached hydrogens (tertiary/aromatic N) is 5. The molecule has 2 heterocycles. The summed E-state index contributed by atoms with van der Waals surface area (Å²) < 4.78 is 78.8. The Labute approximate surface area is 378 Å². The fraction of sp³-hybridized carbons (Fsp3) is 0.706. The van der Waals surface area contributed by atoms with Crippen LogP contribution in [0.3, 0.4) is 0 Å². The molecular formula is C34H75N8O17P5. The zero-order valence-corrected chi connectivity index (χ0v) is 42.1. The van der Waals surface area contributed by atoms with Crippen molar-refractivity contribution in [1.29, 1.82) is 0 Å². The number of likely N-dealkylation sites (N-methyl/N-ethyl adjacent to an activating group) is 1. The summed E-state index contributed by atoms with van der Waals surface area (Å²) in [6, 6.07) is -2.75. The van der Waals surface area contributed by atoms with Crippen molar-refractivity contribution in [3.05, 3.63) is 37.4 Å². The quantitative estimate of drug-likeness (QED) is 0.0622. The molecule has 2 aromatic heterocycles. The van der Waals surface area contributed by atoms with Crippen molar-refractivity contribution < 1.29 is 80.5 Å². The summed E-state index contributed by atoms with van der Waals surface area (Å²) >= 11 is 0. The lowest BCUT2D eigenvalue weighted by Gasteiger charge is -2.31. The van der Waals surface area contributed by atoms with Crippen molar-refractivity contribution >= 4 is 61.4 Å². The fourth-order valence-corrected chi connectivity index (χ4v) is 8.56. The average molecular weight is 1020 g/mol. The first-order valence-electron chi connectivity index (χ1n) is 18.6. The second-order valence-corrected chi connectivity index (χ2v) is 23.9. The van der Waals surface area contributed by atoms with E-state index in [1.54, 1.807) is 61.7 Å². The summed E-state index contributed by atoms with van der Waals surface area (Å²) in [4.78, 5) is 85.8. The van der Waals surface area contributed by atoms with Gasteiger partial charge in [-0.1, -0.05) is 14.9 Å². The molecule has 0 spiro atoms. The highest BCUT2D eigenvalue weighted by Gasteiger charge is 2.33. The first-order valence-corrected chi connectivity index (χ1v) is 29.0. The Kier molecular flexibility index (Phi) is 36.8. The van der Waals surface area contributed by atoms with Crippen LogP contribution < -0.4 is 15.3 Å². The zero-order chi connectivity index (χ0) is 49.3. The number of hydrogen-bond acceptors (Lipinski definition) is 15. The van der Waals surface area contributed by atoms with E-state index < -0.39 is 85.6 Å². The summed E-state index contributed by atoms with van der Waals surface area (Å²) in [5.74, 6) is -1.87. The first-order chi connectivity index (χ1) is 28.1. The van der Waals surface area contributed by atoms with Crippen LogP contribution in [0.5, 0.6) is 0 Å². The van der Waals surface area contributed by atoms with Gasteiger partial charge in [0.15, 0.2) is 0 Å². The van der Waals surface area contributed by atoms with Crippen LogP contribution in [-0.4, -0.2) is 158 Å². The van der Waals surface area contributed by atoms with E-state index in [0.29, 0.717) is 6.61 Å². The smallest absolute Gasteiger partial charge is 0.323 e. The summed E-state index contributed by atoms with van der Waals surface area (Å²) in [6.07, 6.45) is 8.82. The van der Waals surface area contributed by atoms with Gasteiger partial charge in [0.2, 0.25) is 14.9 Å². The molecule has 0 aliphatic heterocycles. The van der Waals surface area contributed by atoms with E-state index in [0.717, 1.165) is 13.3 Å². The first kappa shape index (κ1) is 70.2. The van der Waals surface area contributed by atoms with Crippen LogP contribution in [0.1, 0.15) is 70.2 Å². The van der Waals surface area contributed by atoms with Gasteiger partial charge in [0, 0.05) is 58.1 Å². The second-order valence-electron chi connectivity index (χ2n) is 13.0. The maximum absolute atomic E-state index is 12.6. The van der Waals surface area contributed by atoms with E-state index in [-0.39, 0.29) is 34.7 Å². The number of esters is 4. The molecule has 0 saturated heterocycles. The summed E-state index contributed by atoms with van der Waals surface area (Å²) in [5, 5.41) is 7.71. The fourth-order valence-electron chi connectivity index (χ4n) is 3.89. The number of hydrogen-bond donors (Lipinski definition) is 7. The number of rotatable bonds is 18. The molecule has 0 bridgehead atoms. The number of nitrogens with one attached hydrogen (secondary N) is 3. The van der Waals surface area contributed by atoms with E-state index >= 15 is 0 Å². The lowest BCUT2D eigenvalue weighted by atomic mass is 10.3. The molecule has 0 radical (unpaired) electrons. The molecule has 378 valence electrons. The predicted molar refractivity (Wildman–Crippen MR) is 247 cm³/mol. The van der Waals surface area contributed by atoms with Gasteiger partial charge in [-0.05, 0) is 62.4 Å². The zero-order valence-electron chi connectivity index (χ0n) is 37.7. The highest BCUT2D eigenvalue weighted by atomic mass is 31.2. The molecule has 0 fully saturated rings. The minimum absolute atomic E-state index is 0. The molecule has 0 aromatic carbocycles. The van der Waals surface area contributed by atoms with Crippen molar-refractivity contribution in [2.75, 3.05) is 66.8 Å². The second kappa shape index (κ2) is 33.6. The number of carbonyl (C=O) groups excluding carboxylic acids is 4. The van der Waals surface area contributed by atoms with Crippen molar-refractivity contribution in [3.8, 4) is 0 Å². The van der Waals surface area contributed by atoms with Crippen LogP contribution in [0, 0.1) is 0 Å². The topological polar surface area (TPSA) is 346 Å². The molecule has 25 nitrogen and oxygen atoms in total. The van der Waals surface area contributed by atoms with Crippen molar-refractivity contribution in [1.82, 2.24) is 38.6 Å². The van der Waals surface area contributed by atoms with Gasteiger partial charge in [-0.15, -0.1) is 0 Å². The Hall–Kier alpha value is -2.87. The summed E-state index contributed by atoms with van der Waals surface area (Å²) in [5.41, 5.74) is 0. The number of imidazole rings is 2. The van der Waals surface area contributed by atoms with E-state index in [9.17, 15) is 42.0 Å². The van der Waals surface area contributed by atoms with Gasteiger partial charge in [0.25, 0.3) is 15.0 Å². The normalized spacial score (nSPS) is 16.2.